The van der Waals surface area contributed by atoms with Gasteiger partial charge in [0.05, 0.1) is 5.92 Å². The summed E-state index contributed by atoms with van der Waals surface area (Å²) in [4.78, 5) is 14.2. The summed E-state index contributed by atoms with van der Waals surface area (Å²) < 4.78 is 0. The maximum Gasteiger partial charge on any atom is 0.306 e. The highest BCUT2D eigenvalue weighted by Crippen LogP contribution is 2.53. The number of benzene rings is 1. The second kappa shape index (κ2) is 6.01. The van der Waals surface area contributed by atoms with Crippen molar-refractivity contribution in [3.63, 3.8) is 0 Å². The zero-order valence-electron chi connectivity index (χ0n) is 15.2. The molecule has 1 saturated carbocycles. The molecule has 0 radical (unpaired) electrons. The van der Waals surface area contributed by atoms with E-state index in [1.165, 1.54) is 30.5 Å². The number of aliphatic carboxylic acids is 1. The molecule has 1 saturated heterocycles. The van der Waals surface area contributed by atoms with Gasteiger partial charge in [-0.25, -0.2) is 0 Å². The molecule has 1 aromatic rings. The Morgan fingerprint density at radius 3 is 2.84 bits per heavy atom. The van der Waals surface area contributed by atoms with Crippen molar-refractivity contribution in [3.05, 3.63) is 29.3 Å². The average molecular weight is 343 g/mol. The van der Waals surface area contributed by atoms with E-state index >= 15 is 0 Å². The van der Waals surface area contributed by atoms with Gasteiger partial charge >= 0.3 is 5.97 Å². The summed E-state index contributed by atoms with van der Waals surface area (Å²) in [6, 6.07) is 6.24. The van der Waals surface area contributed by atoms with Gasteiger partial charge in [-0.05, 0) is 73.7 Å². The van der Waals surface area contributed by atoms with Crippen molar-refractivity contribution >= 4 is 5.97 Å². The zero-order chi connectivity index (χ0) is 17.8. The Kier molecular flexibility index (Phi) is 4.06. The van der Waals surface area contributed by atoms with Crippen LogP contribution in [0.4, 0.5) is 0 Å². The van der Waals surface area contributed by atoms with Gasteiger partial charge in [-0.15, -0.1) is 0 Å². The van der Waals surface area contributed by atoms with Gasteiger partial charge < -0.3 is 10.2 Å². The molecule has 3 aliphatic rings. The zero-order valence-corrected chi connectivity index (χ0v) is 15.2. The summed E-state index contributed by atoms with van der Waals surface area (Å²) >= 11 is 0. The standard InChI is InChI=1S/C21H29NO3/c1-13(20(24)25)11-21-7-8-22(12-15-3-4-15)19(14(21)2)9-16-5-6-17(23)10-18(16)21/h5-6,10,13-15,19,23H,3-4,7-9,11-12H2,1-2H3,(H,24,25). The molecule has 4 heteroatoms. The van der Waals surface area contributed by atoms with Crippen molar-refractivity contribution < 1.29 is 15.0 Å². The topological polar surface area (TPSA) is 60.8 Å². The van der Waals surface area contributed by atoms with E-state index < -0.39 is 5.97 Å². The van der Waals surface area contributed by atoms with Gasteiger partial charge in [0, 0.05) is 18.0 Å². The lowest BCUT2D eigenvalue weighted by Crippen LogP contribution is -2.59. The molecule has 1 aliphatic heterocycles. The molecule has 25 heavy (non-hydrogen) atoms. The molecular formula is C21H29NO3. The predicted molar refractivity (Wildman–Crippen MR) is 96.8 cm³/mol. The second-order valence-electron chi connectivity index (χ2n) is 8.69. The van der Waals surface area contributed by atoms with Crippen LogP contribution in [0.1, 0.15) is 50.7 Å². The van der Waals surface area contributed by atoms with Crippen molar-refractivity contribution in [2.45, 2.75) is 57.4 Å². The lowest BCUT2D eigenvalue weighted by atomic mass is 9.55. The van der Waals surface area contributed by atoms with Crippen molar-refractivity contribution in [1.82, 2.24) is 4.90 Å². The number of hydrogen-bond acceptors (Lipinski definition) is 3. The molecule has 1 aromatic carbocycles. The largest absolute Gasteiger partial charge is 0.508 e. The van der Waals surface area contributed by atoms with Gasteiger partial charge in [-0.3, -0.25) is 9.69 Å². The van der Waals surface area contributed by atoms with Crippen LogP contribution in [0.2, 0.25) is 0 Å². The molecule has 2 N–H and O–H groups in total. The first-order valence-corrected chi connectivity index (χ1v) is 9.70. The SMILES string of the molecule is CC(CC12CCN(CC3CC3)C(Cc3ccc(O)cc31)C2C)C(=O)O. The Bertz CT molecular complexity index is 684. The van der Waals surface area contributed by atoms with E-state index in [2.05, 4.69) is 17.9 Å². The lowest BCUT2D eigenvalue weighted by Gasteiger charge is -2.56. The minimum atomic E-state index is -0.717. The van der Waals surface area contributed by atoms with Crippen LogP contribution in [0.5, 0.6) is 5.75 Å². The van der Waals surface area contributed by atoms with Gasteiger partial charge in [0.15, 0.2) is 0 Å². The number of phenols is 1. The van der Waals surface area contributed by atoms with E-state index in [-0.39, 0.29) is 11.3 Å². The summed E-state index contributed by atoms with van der Waals surface area (Å²) in [5, 5.41) is 19.6. The number of piperidine rings is 1. The average Bonchev–Trinajstić information content (AvgIpc) is 3.37. The van der Waals surface area contributed by atoms with Gasteiger partial charge in [-0.1, -0.05) is 19.9 Å². The molecule has 4 rings (SSSR count). The Hall–Kier alpha value is -1.55. The van der Waals surface area contributed by atoms with Gasteiger partial charge in [0.2, 0.25) is 0 Å². The quantitative estimate of drug-likeness (QED) is 0.860. The minimum absolute atomic E-state index is 0.130. The number of phenolic OH excluding ortho intramolecular Hbond substituents is 1. The van der Waals surface area contributed by atoms with Crippen LogP contribution in [0.25, 0.3) is 0 Å². The van der Waals surface area contributed by atoms with Crippen molar-refractivity contribution in [1.29, 1.82) is 0 Å². The van der Waals surface area contributed by atoms with Crippen LogP contribution < -0.4 is 0 Å². The summed E-state index contributed by atoms with van der Waals surface area (Å²) in [5.41, 5.74) is 2.38. The fraction of sp³-hybridized carbons (Fsp3) is 0.667. The first-order valence-electron chi connectivity index (χ1n) is 9.70. The Labute approximate surface area is 149 Å². The number of aromatic hydroxyl groups is 1. The minimum Gasteiger partial charge on any atom is -0.508 e. The number of rotatable bonds is 5. The third-order valence-electron chi connectivity index (χ3n) is 7.10. The van der Waals surface area contributed by atoms with E-state index in [1.54, 1.807) is 6.07 Å². The van der Waals surface area contributed by atoms with Crippen molar-refractivity contribution in [2.75, 3.05) is 13.1 Å². The second-order valence-corrected chi connectivity index (χ2v) is 8.69. The third-order valence-corrected chi connectivity index (χ3v) is 7.10. The molecular weight excluding hydrogens is 314 g/mol. The van der Waals surface area contributed by atoms with Crippen LogP contribution in [-0.2, 0) is 16.6 Å². The molecule has 2 aliphatic carbocycles. The van der Waals surface area contributed by atoms with E-state index in [0.29, 0.717) is 24.1 Å². The number of likely N-dealkylation sites (tertiary alicyclic amines) is 1. The molecule has 0 spiro atoms. The molecule has 4 unspecified atom stereocenters. The molecule has 0 amide bonds. The lowest BCUT2D eigenvalue weighted by molar-refractivity contribution is -0.142. The maximum absolute atomic E-state index is 11.6. The first kappa shape index (κ1) is 16.9. The predicted octanol–water partition coefficient (Wildman–Crippen LogP) is 3.42. The monoisotopic (exact) mass is 343 g/mol. The highest BCUT2D eigenvalue weighted by atomic mass is 16.4. The van der Waals surface area contributed by atoms with Gasteiger partial charge in [0.1, 0.15) is 5.75 Å². The Morgan fingerprint density at radius 1 is 1.40 bits per heavy atom. The van der Waals surface area contributed by atoms with E-state index in [0.717, 1.165) is 25.3 Å². The normalized spacial score (nSPS) is 32.9. The summed E-state index contributed by atoms with van der Waals surface area (Å²) in [6.07, 6.45) is 5.40. The molecule has 4 nitrogen and oxygen atoms in total. The highest BCUT2D eigenvalue weighted by molar-refractivity contribution is 5.69. The van der Waals surface area contributed by atoms with Crippen LogP contribution in [-0.4, -0.2) is 40.2 Å². The van der Waals surface area contributed by atoms with Crippen molar-refractivity contribution in [2.24, 2.45) is 17.8 Å². The fourth-order valence-corrected chi connectivity index (χ4v) is 5.43. The molecule has 2 fully saturated rings. The van der Waals surface area contributed by atoms with E-state index in [1.807, 2.05) is 13.0 Å². The third kappa shape index (κ3) is 2.84. The summed E-state index contributed by atoms with van der Waals surface area (Å²) in [5.74, 6) is 0.499. The number of nitrogens with zero attached hydrogens (tertiary/aromatic N) is 1. The van der Waals surface area contributed by atoms with Crippen LogP contribution in [0, 0.1) is 17.8 Å². The van der Waals surface area contributed by atoms with Crippen LogP contribution >= 0.6 is 0 Å². The number of fused-ring (bicyclic) bond motifs is 4. The highest BCUT2D eigenvalue weighted by Gasteiger charge is 2.52. The smallest absolute Gasteiger partial charge is 0.306 e. The number of hydrogen-bond donors (Lipinski definition) is 2. The molecule has 1 heterocycles. The Morgan fingerprint density at radius 2 is 2.16 bits per heavy atom. The van der Waals surface area contributed by atoms with Crippen LogP contribution in [0.15, 0.2) is 18.2 Å². The van der Waals surface area contributed by atoms with Crippen molar-refractivity contribution in [3.8, 4) is 5.75 Å². The fourth-order valence-electron chi connectivity index (χ4n) is 5.43. The number of carbonyl (C=O) groups is 1. The molecule has 2 bridgehead atoms. The van der Waals surface area contributed by atoms with Crippen LogP contribution in [0.3, 0.4) is 0 Å². The first-order chi connectivity index (χ1) is 11.9. The van der Waals surface area contributed by atoms with E-state index in [9.17, 15) is 15.0 Å². The molecule has 136 valence electrons. The van der Waals surface area contributed by atoms with E-state index in [4.69, 9.17) is 0 Å². The summed E-state index contributed by atoms with van der Waals surface area (Å²) in [6.45, 7) is 6.39. The van der Waals surface area contributed by atoms with Gasteiger partial charge in [-0.2, -0.15) is 0 Å². The molecule has 4 atom stereocenters. The number of carboxylic acids is 1. The van der Waals surface area contributed by atoms with Gasteiger partial charge in [0.25, 0.3) is 0 Å². The number of carboxylic acid groups (broad SMARTS) is 1. The summed E-state index contributed by atoms with van der Waals surface area (Å²) in [7, 11) is 0. The maximum atomic E-state index is 11.6. The Balaban J connectivity index is 1.74. The molecule has 0 aromatic heterocycles.